The fourth-order valence-corrected chi connectivity index (χ4v) is 3.84. The molecule has 3 atom stereocenters. The van der Waals surface area contributed by atoms with Crippen molar-refractivity contribution < 1.29 is 9.59 Å². The summed E-state index contributed by atoms with van der Waals surface area (Å²) in [4.78, 5) is 24.0. The fourth-order valence-electron chi connectivity index (χ4n) is 3.84. The topological polar surface area (TPSA) is 46.2 Å². The van der Waals surface area contributed by atoms with Gasteiger partial charge in [-0.05, 0) is 50.5 Å². The Morgan fingerprint density at radius 3 is 2.59 bits per heavy atom. The first kappa shape index (κ1) is 17.0. The van der Waals surface area contributed by atoms with Crippen LogP contribution in [0.15, 0.2) is 23.8 Å². The van der Waals surface area contributed by atoms with E-state index in [1.54, 1.807) is 0 Å². The van der Waals surface area contributed by atoms with Gasteiger partial charge in [-0.25, -0.2) is 0 Å². The van der Waals surface area contributed by atoms with Crippen LogP contribution < -0.4 is 5.32 Å². The molecule has 0 radical (unpaired) electrons. The van der Waals surface area contributed by atoms with Gasteiger partial charge in [-0.1, -0.05) is 37.5 Å². The molecule has 2 aliphatic rings. The van der Waals surface area contributed by atoms with Crippen LogP contribution in [-0.2, 0) is 9.59 Å². The van der Waals surface area contributed by atoms with E-state index in [1.165, 1.54) is 12.8 Å². The lowest BCUT2D eigenvalue weighted by molar-refractivity contribution is -0.120. The molecule has 0 aromatic carbocycles. The summed E-state index contributed by atoms with van der Waals surface area (Å²) in [6, 6.07) is 0. The number of rotatable bonds is 4. The predicted octanol–water partition coefficient (Wildman–Crippen LogP) is 3.80. The first-order chi connectivity index (χ1) is 10.6. The summed E-state index contributed by atoms with van der Waals surface area (Å²) in [5.74, 6) is 1.79. The fraction of sp³-hybridized carbons (Fsp3) is 0.684. The molecule has 3 nitrogen and oxygen atoms in total. The van der Waals surface area contributed by atoms with Gasteiger partial charge in [-0.2, -0.15) is 0 Å². The van der Waals surface area contributed by atoms with Gasteiger partial charge in [-0.15, -0.1) is 0 Å². The average molecular weight is 303 g/mol. The van der Waals surface area contributed by atoms with Crippen LogP contribution in [0.4, 0.5) is 0 Å². The minimum Gasteiger partial charge on any atom is -0.356 e. The number of ketones is 1. The van der Waals surface area contributed by atoms with Gasteiger partial charge < -0.3 is 5.32 Å². The van der Waals surface area contributed by atoms with Crippen molar-refractivity contribution >= 4 is 11.7 Å². The first-order valence-electron chi connectivity index (χ1n) is 8.72. The van der Waals surface area contributed by atoms with Crippen LogP contribution in [0, 0.1) is 17.8 Å². The molecular formula is C19H29NO2. The molecule has 1 aliphatic carbocycles. The number of nitrogens with one attached hydrogen (secondary N) is 1. The summed E-state index contributed by atoms with van der Waals surface area (Å²) in [6.07, 6.45) is 13.1. The van der Waals surface area contributed by atoms with Crippen molar-refractivity contribution in [3.8, 4) is 0 Å². The zero-order chi connectivity index (χ0) is 15.9. The molecular weight excluding hydrogens is 274 g/mol. The lowest BCUT2D eigenvalue weighted by Crippen LogP contribution is -2.23. The number of allylic oxidation sites excluding steroid dienone is 4. The summed E-state index contributed by atoms with van der Waals surface area (Å²) in [7, 11) is 0. The second-order valence-electron chi connectivity index (χ2n) is 6.83. The van der Waals surface area contributed by atoms with Gasteiger partial charge in [0.1, 0.15) is 0 Å². The Labute approximate surface area is 134 Å². The van der Waals surface area contributed by atoms with Crippen LogP contribution in [0.5, 0.6) is 0 Å². The molecule has 122 valence electrons. The second kappa shape index (κ2) is 8.30. The highest BCUT2D eigenvalue weighted by atomic mass is 16.2. The average Bonchev–Trinajstić information content (AvgIpc) is 2.90. The lowest BCUT2D eigenvalue weighted by Gasteiger charge is -2.27. The first-order valence-corrected chi connectivity index (χ1v) is 8.72. The molecule has 1 saturated carbocycles. The van der Waals surface area contributed by atoms with E-state index >= 15 is 0 Å². The third-order valence-corrected chi connectivity index (χ3v) is 5.24. The van der Waals surface area contributed by atoms with Gasteiger partial charge in [0.15, 0.2) is 5.78 Å². The van der Waals surface area contributed by atoms with Crippen molar-refractivity contribution in [2.45, 2.75) is 58.8 Å². The normalized spacial score (nSPS) is 30.9. The third-order valence-electron chi connectivity index (χ3n) is 5.24. The van der Waals surface area contributed by atoms with E-state index in [9.17, 15) is 9.59 Å². The van der Waals surface area contributed by atoms with E-state index in [-0.39, 0.29) is 11.8 Å². The second-order valence-corrected chi connectivity index (χ2v) is 6.83. The van der Waals surface area contributed by atoms with E-state index in [0.29, 0.717) is 24.0 Å². The number of hydrogen-bond acceptors (Lipinski definition) is 2. The molecule has 0 aromatic heterocycles. The summed E-state index contributed by atoms with van der Waals surface area (Å²) < 4.78 is 0. The minimum absolute atomic E-state index is 0.175. The van der Waals surface area contributed by atoms with E-state index in [2.05, 4.69) is 5.32 Å². The molecule has 3 heteroatoms. The molecule has 1 aliphatic heterocycles. The Morgan fingerprint density at radius 1 is 1.14 bits per heavy atom. The summed E-state index contributed by atoms with van der Waals surface area (Å²) in [5, 5.41) is 2.96. The maximum atomic E-state index is 12.6. The number of amides is 1. The molecule has 0 spiro atoms. The lowest BCUT2D eigenvalue weighted by atomic mass is 9.77. The zero-order valence-electron chi connectivity index (χ0n) is 13.9. The number of hydrogen-bond donors (Lipinski definition) is 1. The summed E-state index contributed by atoms with van der Waals surface area (Å²) in [6.45, 7) is 4.73. The molecule has 1 N–H and O–H groups in total. The molecule has 0 aromatic rings. The van der Waals surface area contributed by atoms with Crippen LogP contribution in [0.1, 0.15) is 58.8 Å². The van der Waals surface area contributed by atoms with Gasteiger partial charge in [-0.3, -0.25) is 9.59 Å². The largest absolute Gasteiger partial charge is 0.356 e. The highest BCUT2D eigenvalue weighted by Crippen LogP contribution is 2.34. The highest BCUT2D eigenvalue weighted by Gasteiger charge is 2.31. The SMILES string of the molecule is CC=CC=C(C)C(=O)C1CCCCC(C2CNC(=O)C2)CC1. The van der Waals surface area contributed by atoms with Gasteiger partial charge in [0, 0.05) is 18.9 Å². The Bertz CT molecular complexity index is 464. The highest BCUT2D eigenvalue weighted by molar-refractivity contribution is 5.96. The number of carbonyl (C=O) groups is 2. The molecule has 0 bridgehead atoms. The maximum Gasteiger partial charge on any atom is 0.220 e. The third kappa shape index (κ3) is 4.56. The Balaban J connectivity index is 1.94. The Morgan fingerprint density at radius 2 is 1.91 bits per heavy atom. The molecule has 1 amide bonds. The molecule has 1 heterocycles. The van der Waals surface area contributed by atoms with E-state index < -0.39 is 0 Å². The van der Waals surface area contributed by atoms with Crippen molar-refractivity contribution in [2.75, 3.05) is 6.54 Å². The minimum atomic E-state index is 0.175. The molecule has 3 unspecified atom stereocenters. The van der Waals surface area contributed by atoms with Crippen molar-refractivity contribution in [3.63, 3.8) is 0 Å². The number of Topliss-reactive ketones (excluding diaryl/α,β-unsaturated/α-hetero) is 1. The molecule has 2 fully saturated rings. The monoisotopic (exact) mass is 303 g/mol. The smallest absolute Gasteiger partial charge is 0.220 e. The van der Waals surface area contributed by atoms with E-state index in [1.807, 2.05) is 32.1 Å². The van der Waals surface area contributed by atoms with Crippen molar-refractivity contribution in [1.82, 2.24) is 5.32 Å². The standard InChI is InChI=1S/C19H29NO2/c1-3-4-7-14(2)19(22)16-9-6-5-8-15(10-11-16)17-12-18(21)20-13-17/h3-4,7,15-17H,5-6,8-13H2,1-2H3,(H,20,21). The van der Waals surface area contributed by atoms with E-state index in [4.69, 9.17) is 0 Å². The summed E-state index contributed by atoms with van der Waals surface area (Å²) >= 11 is 0. The number of carbonyl (C=O) groups excluding carboxylic acids is 2. The van der Waals surface area contributed by atoms with Crippen molar-refractivity contribution in [1.29, 1.82) is 0 Å². The van der Waals surface area contributed by atoms with E-state index in [0.717, 1.165) is 37.8 Å². The predicted molar refractivity (Wildman–Crippen MR) is 89.4 cm³/mol. The Hall–Kier alpha value is -1.38. The molecule has 2 rings (SSSR count). The van der Waals surface area contributed by atoms with Gasteiger partial charge in [0.25, 0.3) is 0 Å². The van der Waals surface area contributed by atoms with Crippen LogP contribution in [0.2, 0.25) is 0 Å². The van der Waals surface area contributed by atoms with Crippen LogP contribution >= 0.6 is 0 Å². The Kier molecular flexibility index (Phi) is 6.41. The molecule has 1 saturated heterocycles. The van der Waals surface area contributed by atoms with Crippen molar-refractivity contribution in [3.05, 3.63) is 23.8 Å². The summed E-state index contributed by atoms with van der Waals surface area (Å²) in [5.41, 5.74) is 0.873. The quantitative estimate of drug-likeness (QED) is 0.634. The zero-order valence-corrected chi connectivity index (χ0v) is 13.9. The van der Waals surface area contributed by atoms with Gasteiger partial charge in [0.05, 0.1) is 0 Å². The van der Waals surface area contributed by atoms with Gasteiger partial charge in [0.2, 0.25) is 5.91 Å². The molecule has 22 heavy (non-hydrogen) atoms. The van der Waals surface area contributed by atoms with Gasteiger partial charge >= 0.3 is 0 Å². The van der Waals surface area contributed by atoms with Crippen LogP contribution in [-0.4, -0.2) is 18.2 Å². The van der Waals surface area contributed by atoms with Crippen LogP contribution in [0.25, 0.3) is 0 Å². The van der Waals surface area contributed by atoms with Crippen molar-refractivity contribution in [2.24, 2.45) is 17.8 Å². The van der Waals surface area contributed by atoms with Crippen LogP contribution in [0.3, 0.4) is 0 Å². The maximum absolute atomic E-state index is 12.6.